The van der Waals surface area contributed by atoms with Crippen LogP contribution in [0.5, 0.6) is 0 Å². The fourth-order valence-electron chi connectivity index (χ4n) is 4.99. The maximum Gasteiger partial charge on any atom is 0.307 e. The van der Waals surface area contributed by atoms with Gasteiger partial charge in [0.15, 0.2) is 0 Å². The quantitative estimate of drug-likeness (QED) is 0.566. The van der Waals surface area contributed by atoms with Crippen molar-refractivity contribution in [2.75, 3.05) is 38.0 Å². The van der Waals surface area contributed by atoms with Gasteiger partial charge in [-0.25, -0.2) is 9.97 Å². The van der Waals surface area contributed by atoms with Gasteiger partial charge in [-0.15, -0.1) is 0 Å². The van der Waals surface area contributed by atoms with Crippen molar-refractivity contribution < 1.29 is 14.7 Å². The summed E-state index contributed by atoms with van der Waals surface area (Å²) in [4.78, 5) is 37.4. The second-order valence-corrected chi connectivity index (χ2v) is 10.1. The first-order valence-electron chi connectivity index (χ1n) is 12.1. The molecule has 2 N–H and O–H groups in total. The number of halogens is 2. The lowest BCUT2D eigenvalue weighted by atomic mass is 9.94. The van der Waals surface area contributed by atoms with E-state index in [1.54, 1.807) is 6.07 Å². The molecule has 1 amide bonds. The molecule has 8 nitrogen and oxygen atoms in total. The highest BCUT2D eigenvalue weighted by Gasteiger charge is 2.33. The molecule has 1 atom stereocenters. The average Bonchev–Trinajstić information content (AvgIpc) is 2.87. The fraction of sp³-hybridized carbons (Fsp3) is 0.520. The van der Waals surface area contributed by atoms with E-state index in [4.69, 9.17) is 23.2 Å². The highest BCUT2D eigenvalue weighted by atomic mass is 35.5. The van der Waals surface area contributed by atoms with Crippen LogP contribution >= 0.6 is 23.2 Å². The molecule has 0 radical (unpaired) electrons. The minimum Gasteiger partial charge on any atom is -0.481 e. The first-order valence-corrected chi connectivity index (χ1v) is 12.8. The first-order chi connectivity index (χ1) is 16.8. The summed E-state index contributed by atoms with van der Waals surface area (Å²) >= 11 is 12.1. The number of amides is 1. The summed E-state index contributed by atoms with van der Waals surface area (Å²) in [7, 11) is 0. The number of hydrogen-bond donors (Lipinski definition) is 2. The zero-order valence-electron chi connectivity index (χ0n) is 19.8. The summed E-state index contributed by atoms with van der Waals surface area (Å²) in [5, 5.41) is 13.7. The molecule has 2 aliphatic rings. The highest BCUT2D eigenvalue weighted by Crippen LogP contribution is 2.26. The zero-order chi connectivity index (χ0) is 24.9. The van der Waals surface area contributed by atoms with E-state index in [1.165, 1.54) is 6.33 Å². The Morgan fingerprint density at radius 2 is 1.89 bits per heavy atom. The normalized spacial score (nSPS) is 19.5. The van der Waals surface area contributed by atoms with Crippen LogP contribution in [0.3, 0.4) is 0 Å². The molecule has 2 fully saturated rings. The molecule has 1 aromatic heterocycles. The van der Waals surface area contributed by atoms with Gasteiger partial charge in [-0.3, -0.25) is 14.5 Å². The van der Waals surface area contributed by atoms with Crippen LogP contribution in [0.4, 0.5) is 5.82 Å². The van der Waals surface area contributed by atoms with Crippen molar-refractivity contribution in [2.45, 2.75) is 45.1 Å². The third kappa shape index (κ3) is 6.23. The number of carbonyl (C=O) groups excluding carboxylic acids is 1. The van der Waals surface area contributed by atoms with Crippen LogP contribution in [0.25, 0.3) is 0 Å². The zero-order valence-corrected chi connectivity index (χ0v) is 21.4. The Morgan fingerprint density at radius 1 is 1.11 bits per heavy atom. The SMILES string of the molecule is Cc1c(NCCc2ccc(Cl)c(Cl)c2)ncnc1C(=O)N1CCC(N2CCC[C@H](C(=O)O)C2)CC1. The summed E-state index contributed by atoms with van der Waals surface area (Å²) in [6.45, 7) is 5.31. The molecular formula is C25H31Cl2N5O3. The number of hydrogen-bond acceptors (Lipinski definition) is 6. The number of carboxylic acid groups (broad SMARTS) is 1. The Kier molecular flexibility index (Phi) is 8.46. The Morgan fingerprint density at radius 3 is 2.60 bits per heavy atom. The summed E-state index contributed by atoms with van der Waals surface area (Å²) in [6.07, 6.45) is 5.51. The number of carbonyl (C=O) groups is 2. The van der Waals surface area contributed by atoms with Gasteiger partial charge in [-0.1, -0.05) is 29.3 Å². The van der Waals surface area contributed by atoms with E-state index in [1.807, 2.05) is 24.0 Å². The van der Waals surface area contributed by atoms with E-state index in [2.05, 4.69) is 20.2 Å². The topological polar surface area (TPSA) is 98.7 Å². The van der Waals surface area contributed by atoms with E-state index in [9.17, 15) is 14.7 Å². The number of aromatic nitrogens is 2. The predicted octanol–water partition coefficient (Wildman–Crippen LogP) is 4.15. The fourth-order valence-corrected chi connectivity index (χ4v) is 5.31. The van der Waals surface area contributed by atoms with Crippen molar-refractivity contribution in [2.24, 2.45) is 5.92 Å². The van der Waals surface area contributed by atoms with Gasteiger partial charge >= 0.3 is 5.97 Å². The highest BCUT2D eigenvalue weighted by molar-refractivity contribution is 6.42. The van der Waals surface area contributed by atoms with E-state index < -0.39 is 5.97 Å². The van der Waals surface area contributed by atoms with Crippen LogP contribution in [0, 0.1) is 12.8 Å². The smallest absolute Gasteiger partial charge is 0.307 e. The van der Waals surface area contributed by atoms with Crippen LogP contribution in [-0.4, -0.2) is 75.5 Å². The molecule has 2 saturated heterocycles. The molecule has 0 saturated carbocycles. The van der Waals surface area contributed by atoms with Crippen molar-refractivity contribution in [1.82, 2.24) is 19.8 Å². The summed E-state index contributed by atoms with van der Waals surface area (Å²) < 4.78 is 0. The van der Waals surface area contributed by atoms with Gasteiger partial charge in [0.25, 0.3) is 5.91 Å². The van der Waals surface area contributed by atoms with Crippen molar-refractivity contribution in [3.63, 3.8) is 0 Å². The van der Waals surface area contributed by atoms with Gasteiger partial charge in [0.2, 0.25) is 0 Å². The van der Waals surface area contributed by atoms with Crippen molar-refractivity contribution >= 4 is 40.9 Å². The van der Waals surface area contributed by atoms with Gasteiger partial charge in [0.1, 0.15) is 17.8 Å². The molecule has 0 spiro atoms. The van der Waals surface area contributed by atoms with Crippen LogP contribution in [-0.2, 0) is 11.2 Å². The second kappa shape index (κ2) is 11.5. The maximum atomic E-state index is 13.3. The van der Waals surface area contributed by atoms with Gasteiger partial charge in [0.05, 0.1) is 16.0 Å². The Hall–Kier alpha value is -2.42. The lowest BCUT2D eigenvalue weighted by Crippen LogP contribution is -2.50. The molecule has 3 heterocycles. The molecular weight excluding hydrogens is 489 g/mol. The molecule has 1 aromatic carbocycles. The van der Waals surface area contributed by atoms with Gasteiger partial charge in [-0.05, 0) is 63.3 Å². The second-order valence-electron chi connectivity index (χ2n) is 9.32. The van der Waals surface area contributed by atoms with E-state index in [0.717, 1.165) is 49.8 Å². The van der Waals surface area contributed by atoms with Gasteiger partial charge < -0.3 is 15.3 Å². The lowest BCUT2D eigenvalue weighted by Gasteiger charge is -2.41. The van der Waals surface area contributed by atoms with Crippen molar-refractivity contribution in [3.05, 3.63) is 51.4 Å². The largest absolute Gasteiger partial charge is 0.481 e. The summed E-state index contributed by atoms with van der Waals surface area (Å²) in [5.41, 5.74) is 2.20. The van der Waals surface area contributed by atoms with Crippen molar-refractivity contribution in [3.8, 4) is 0 Å². The molecule has 0 bridgehead atoms. The number of likely N-dealkylation sites (tertiary alicyclic amines) is 2. The van der Waals surface area contributed by atoms with Crippen LogP contribution in [0.2, 0.25) is 10.0 Å². The van der Waals surface area contributed by atoms with Crippen molar-refractivity contribution in [1.29, 1.82) is 0 Å². The van der Waals surface area contributed by atoms with Gasteiger partial charge in [-0.2, -0.15) is 0 Å². The number of rotatable bonds is 7. The van der Waals surface area contributed by atoms with Crippen LogP contribution < -0.4 is 5.32 Å². The van der Waals surface area contributed by atoms with E-state index in [-0.39, 0.29) is 11.8 Å². The molecule has 10 heteroatoms. The minimum atomic E-state index is -0.706. The standard InChI is InChI=1S/C25H31Cl2N5O3/c1-16-22(29-15-30-23(16)28-9-6-17-4-5-20(26)21(27)13-17)24(33)31-11-7-19(8-12-31)32-10-2-3-18(14-32)25(34)35/h4-5,13,15,18-19H,2-3,6-12,14H2,1H3,(H,34,35)(H,28,29,30)/t18-/m0/s1. The monoisotopic (exact) mass is 519 g/mol. The molecule has 0 aliphatic carbocycles. The Balaban J connectivity index is 1.32. The lowest BCUT2D eigenvalue weighted by molar-refractivity contribution is -0.144. The maximum absolute atomic E-state index is 13.3. The molecule has 2 aliphatic heterocycles. The predicted molar refractivity (Wildman–Crippen MR) is 136 cm³/mol. The molecule has 188 valence electrons. The summed E-state index contributed by atoms with van der Waals surface area (Å²) in [6, 6.07) is 5.90. The minimum absolute atomic E-state index is 0.0852. The Bertz CT molecular complexity index is 1080. The van der Waals surface area contributed by atoms with Crippen LogP contribution in [0.1, 0.15) is 47.3 Å². The molecule has 4 rings (SSSR count). The number of anilines is 1. The number of nitrogens with zero attached hydrogens (tertiary/aromatic N) is 4. The molecule has 2 aromatic rings. The number of benzene rings is 1. The van der Waals surface area contributed by atoms with E-state index >= 15 is 0 Å². The summed E-state index contributed by atoms with van der Waals surface area (Å²) in [5.74, 6) is -0.429. The number of piperidine rings is 2. The third-order valence-corrected chi connectivity index (χ3v) is 7.79. The molecule has 0 unspecified atom stereocenters. The average molecular weight is 520 g/mol. The molecule has 35 heavy (non-hydrogen) atoms. The number of aliphatic carboxylic acids is 1. The van der Waals surface area contributed by atoms with E-state index in [0.29, 0.717) is 53.8 Å². The number of carboxylic acids is 1. The van der Waals surface area contributed by atoms with Gasteiger partial charge in [0, 0.05) is 37.8 Å². The number of nitrogens with one attached hydrogen (secondary N) is 1. The Labute approximate surface area is 215 Å². The first kappa shape index (κ1) is 25.7. The van der Waals surface area contributed by atoms with Crippen LogP contribution in [0.15, 0.2) is 24.5 Å². The third-order valence-electron chi connectivity index (χ3n) is 7.05.